The Balaban J connectivity index is 1.40. The van der Waals surface area contributed by atoms with Crippen LogP contribution in [-0.4, -0.2) is 49.6 Å². The second-order valence-corrected chi connectivity index (χ2v) is 8.71. The summed E-state index contributed by atoms with van der Waals surface area (Å²) in [5.41, 5.74) is 3.51. The first-order valence-electron chi connectivity index (χ1n) is 10.8. The van der Waals surface area contributed by atoms with E-state index >= 15 is 0 Å². The van der Waals surface area contributed by atoms with Gasteiger partial charge in [0.25, 0.3) is 0 Å². The molecule has 5 rings (SSSR count). The fourth-order valence-corrected chi connectivity index (χ4v) is 4.79. The lowest BCUT2D eigenvalue weighted by Gasteiger charge is -2.49. The van der Waals surface area contributed by atoms with Crippen LogP contribution in [0.2, 0.25) is 0 Å². The molecule has 1 aliphatic carbocycles. The Bertz CT molecular complexity index is 929. The first-order chi connectivity index (χ1) is 14.6. The van der Waals surface area contributed by atoms with Gasteiger partial charge in [0.05, 0.1) is 19.1 Å². The molecule has 1 saturated carbocycles. The average Bonchev–Trinajstić information content (AvgIpc) is 3.58. The molecule has 3 aliphatic rings. The number of fused-ring (bicyclic) bond motifs is 3. The number of nitrogens with one attached hydrogen (secondary N) is 1. The van der Waals surface area contributed by atoms with Gasteiger partial charge in [0, 0.05) is 44.0 Å². The van der Waals surface area contributed by atoms with Gasteiger partial charge in [-0.1, -0.05) is 18.2 Å². The molecule has 0 radical (unpaired) electrons. The number of methoxy groups -OCH3 is 1. The van der Waals surface area contributed by atoms with Crippen molar-refractivity contribution in [3.05, 3.63) is 59.4 Å². The molecule has 2 heterocycles. The van der Waals surface area contributed by atoms with Gasteiger partial charge >= 0.3 is 0 Å². The normalized spacial score (nSPS) is 23.5. The fourth-order valence-electron chi connectivity index (χ4n) is 4.79. The van der Waals surface area contributed by atoms with Gasteiger partial charge in [-0.15, -0.1) is 0 Å². The molecule has 0 aromatic heterocycles. The summed E-state index contributed by atoms with van der Waals surface area (Å²) in [4.78, 5) is 17.9. The molecule has 2 aromatic rings. The van der Waals surface area contributed by atoms with Crippen LogP contribution in [0.1, 0.15) is 24.0 Å². The number of hydrogen-bond donors (Lipinski definition) is 1. The quantitative estimate of drug-likeness (QED) is 0.825. The molecule has 2 aliphatic heterocycles. The molecule has 1 saturated heterocycles. The second kappa shape index (κ2) is 7.91. The first kappa shape index (κ1) is 19.4. The number of rotatable bonds is 5. The van der Waals surface area contributed by atoms with Crippen molar-refractivity contribution < 1.29 is 13.9 Å². The van der Waals surface area contributed by atoms with Crippen molar-refractivity contribution >= 4 is 11.6 Å². The van der Waals surface area contributed by atoms with Crippen LogP contribution in [0.4, 0.5) is 10.1 Å². The molecule has 2 fully saturated rings. The zero-order chi connectivity index (χ0) is 20.7. The van der Waals surface area contributed by atoms with E-state index in [-0.39, 0.29) is 23.7 Å². The van der Waals surface area contributed by atoms with Crippen molar-refractivity contribution in [2.24, 2.45) is 5.92 Å². The lowest BCUT2D eigenvalue weighted by molar-refractivity contribution is -0.126. The monoisotopic (exact) mass is 409 g/mol. The van der Waals surface area contributed by atoms with Crippen molar-refractivity contribution in [1.29, 1.82) is 0 Å². The molecule has 0 spiro atoms. The topological polar surface area (TPSA) is 44.8 Å². The first-order valence-corrected chi connectivity index (χ1v) is 10.8. The molecule has 0 bridgehead atoms. The van der Waals surface area contributed by atoms with Gasteiger partial charge in [0.2, 0.25) is 5.91 Å². The van der Waals surface area contributed by atoms with Crippen LogP contribution in [0.5, 0.6) is 5.75 Å². The predicted molar refractivity (Wildman–Crippen MR) is 114 cm³/mol. The highest BCUT2D eigenvalue weighted by Gasteiger charge is 2.42. The van der Waals surface area contributed by atoms with E-state index in [0.717, 1.165) is 56.8 Å². The van der Waals surface area contributed by atoms with Crippen LogP contribution in [0.3, 0.4) is 0 Å². The second-order valence-electron chi connectivity index (χ2n) is 8.71. The maximum Gasteiger partial charge on any atom is 0.225 e. The number of anilines is 1. The maximum atomic E-state index is 13.3. The number of benzene rings is 2. The Labute approximate surface area is 176 Å². The number of nitrogens with zero attached hydrogens (tertiary/aromatic N) is 2. The SMILES string of the molecule is COc1ccc2c(c1)N1CCN(Cc3ccc(F)cc3)CC1C(C(=O)NC1CC1)C2. The third-order valence-corrected chi connectivity index (χ3v) is 6.59. The zero-order valence-electron chi connectivity index (χ0n) is 17.3. The van der Waals surface area contributed by atoms with Crippen LogP contribution < -0.4 is 15.0 Å². The Kier molecular flexibility index (Phi) is 5.11. The van der Waals surface area contributed by atoms with E-state index in [2.05, 4.69) is 27.2 Å². The van der Waals surface area contributed by atoms with E-state index in [0.29, 0.717) is 6.04 Å². The average molecular weight is 410 g/mol. The fraction of sp³-hybridized carbons (Fsp3) is 0.458. The molecule has 2 aromatic carbocycles. The van der Waals surface area contributed by atoms with Gasteiger partial charge in [-0.25, -0.2) is 4.39 Å². The number of piperazine rings is 1. The number of carbonyl (C=O) groups excluding carboxylic acids is 1. The summed E-state index contributed by atoms with van der Waals surface area (Å²) < 4.78 is 18.7. The van der Waals surface area contributed by atoms with Crippen LogP contribution in [0.25, 0.3) is 0 Å². The van der Waals surface area contributed by atoms with Crippen LogP contribution in [0.15, 0.2) is 42.5 Å². The number of amides is 1. The van der Waals surface area contributed by atoms with Crippen molar-refractivity contribution in [3.8, 4) is 5.75 Å². The van der Waals surface area contributed by atoms with E-state index in [1.807, 2.05) is 18.2 Å². The summed E-state index contributed by atoms with van der Waals surface area (Å²) in [6, 6.07) is 13.4. The highest BCUT2D eigenvalue weighted by Crippen LogP contribution is 2.38. The minimum Gasteiger partial charge on any atom is -0.497 e. The summed E-state index contributed by atoms with van der Waals surface area (Å²) in [7, 11) is 1.69. The summed E-state index contributed by atoms with van der Waals surface area (Å²) in [5, 5.41) is 3.23. The van der Waals surface area contributed by atoms with Gasteiger partial charge in [-0.3, -0.25) is 9.69 Å². The smallest absolute Gasteiger partial charge is 0.225 e. The van der Waals surface area contributed by atoms with Crippen molar-refractivity contribution in [3.63, 3.8) is 0 Å². The van der Waals surface area contributed by atoms with Crippen LogP contribution >= 0.6 is 0 Å². The standard InChI is InChI=1S/C24H28FN3O2/c1-30-20-9-4-17-12-21(24(29)26-19-7-8-19)23-15-27(10-11-28(23)22(17)13-20)14-16-2-5-18(25)6-3-16/h2-6,9,13,19,21,23H,7-8,10-12,14-15H2,1H3,(H,26,29). The van der Waals surface area contributed by atoms with Gasteiger partial charge in [0.1, 0.15) is 11.6 Å². The van der Waals surface area contributed by atoms with Gasteiger partial charge in [0.15, 0.2) is 0 Å². The highest BCUT2D eigenvalue weighted by molar-refractivity contribution is 5.82. The Morgan fingerprint density at radius 3 is 2.70 bits per heavy atom. The summed E-state index contributed by atoms with van der Waals surface area (Å²) in [5.74, 6) is 0.750. The maximum absolute atomic E-state index is 13.3. The van der Waals surface area contributed by atoms with E-state index in [1.165, 1.54) is 23.4 Å². The van der Waals surface area contributed by atoms with Crippen molar-refractivity contribution in [1.82, 2.24) is 10.2 Å². The van der Waals surface area contributed by atoms with Crippen molar-refractivity contribution in [2.45, 2.75) is 37.9 Å². The van der Waals surface area contributed by atoms with Crippen LogP contribution in [0, 0.1) is 11.7 Å². The number of ether oxygens (including phenoxy) is 1. The van der Waals surface area contributed by atoms with E-state index in [1.54, 1.807) is 7.11 Å². The molecule has 6 heteroatoms. The highest BCUT2D eigenvalue weighted by atomic mass is 19.1. The molecule has 158 valence electrons. The minimum atomic E-state index is -0.210. The Morgan fingerprint density at radius 1 is 1.17 bits per heavy atom. The summed E-state index contributed by atoms with van der Waals surface area (Å²) >= 11 is 0. The molecule has 1 N–H and O–H groups in total. The summed E-state index contributed by atoms with van der Waals surface area (Å²) in [6.07, 6.45) is 2.94. The largest absolute Gasteiger partial charge is 0.497 e. The number of carbonyl (C=O) groups is 1. The molecular formula is C24H28FN3O2. The molecule has 1 amide bonds. The lowest BCUT2D eigenvalue weighted by Crippen LogP contribution is -2.61. The van der Waals surface area contributed by atoms with E-state index in [4.69, 9.17) is 4.74 Å². The Morgan fingerprint density at radius 2 is 1.97 bits per heavy atom. The number of halogens is 1. The Hall–Kier alpha value is -2.60. The summed E-state index contributed by atoms with van der Waals surface area (Å²) in [6.45, 7) is 3.35. The molecule has 2 atom stereocenters. The van der Waals surface area contributed by atoms with Crippen molar-refractivity contribution in [2.75, 3.05) is 31.6 Å². The van der Waals surface area contributed by atoms with Gasteiger partial charge < -0.3 is 15.0 Å². The molecule has 5 nitrogen and oxygen atoms in total. The van der Waals surface area contributed by atoms with E-state index in [9.17, 15) is 9.18 Å². The van der Waals surface area contributed by atoms with Gasteiger partial charge in [-0.05, 0) is 48.6 Å². The van der Waals surface area contributed by atoms with Gasteiger partial charge in [-0.2, -0.15) is 0 Å². The molecular weight excluding hydrogens is 381 g/mol. The third-order valence-electron chi connectivity index (χ3n) is 6.59. The molecule has 30 heavy (non-hydrogen) atoms. The zero-order valence-corrected chi connectivity index (χ0v) is 17.3. The van der Waals surface area contributed by atoms with E-state index < -0.39 is 0 Å². The third kappa shape index (κ3) is 3.88. The van der Waals surface area contributed by atoms with Crippen LogP contribution in [-0.2, 0) is 17.8 Å². The predicted octanol–water partition coefficient (Wildman–Crippen LogP) is 2.98. The minimum absolute atomic E-state index is 0.0671. The molecule has 2 unspecified atom stereocenters. The number of hydrogen-bond acceptors (Lipinski definition) is 4. The lowest BCUT2D eigenvalue weighted by atomic mass is 9.83.